The number of nitrogens with one attached hydrogen (secondary N) is 1. The van der Waals surface area contributed by atoms with Gasteiger partial charge in [0.05, 0.1) is 29.6 Å². The number of rotatable bonds is 4. The third kappa shape index (κ3) is 3.42. The standard InChI is InChI=1S/C10H13N3O6S/c11-20(16,17)7-1-2-8(9(5-7)13(14)15)12-10-6-18-3-4-19-10/h1-2,5,10,12H,3-4,6H2,(H2,11,16,17)/t10-/m1/s1. The molecule has 1 atom stereocenters. The Balaban J connectivity index is 2.30. The van der Waals surface area contributed by atoms with Gasteiger partial charge in [0, 0.05) is 6.07 Å². The first kappa shape index (κ1) is 14.7. The van der Waals surface area contributed by atoms with Crippen LogP contribution in [0.4, 0.5) is 11.4 Å². The lowest BCUT2D eigenvalue weighted by molar-refractivity contribution is -0.384. The minimum absolute atomic E-state index is 0.137. The van der Waals surface area contributed by atoms with Crippen LogP contribution in [0.2, 0.25) is 0 Å². The lowest BCUT2D eigenvalue weighted by atomic mass is 10.2. The second-order valence-electron chi connectivity index (χ2n) is 4.06. The average Bonchev–Trinajstić information content (AvgIpc) is 2.38. The smallest absolute Gasteiger partial charge is 0.293 e. The minimum atomic E-state index is -4.00. The first-order valence-electron chi connectivity index (χ1n) is 5.65. The Morgan fingerprint density at radius 3 is 2.70 bits per heavy atom. The van der Waals surface area contributed by atoms with E-state index in [1.54, 1.807) is 0 Å². The molecule has 0 amide bonds. The summed E-state index contributed by atoms with van der Waals surface area (Å²) in [5, 5.41) is 18.7. The van der Waals surface area contributed by atoms with Gasteiger partial charge in [-0.3, -0.25) is 10.1 Å². The molecular formula is C10H13N3O6S. The van der Waals surface area contributed by atoms with Gasteiger partial charge in [-0.15, -0.1) is 0 Å². The zero-order chi connectivity index (χ0) is 14.8. The van der Waals surface area contributed by atoms with Gasteiger partial charge in [-0.2, -0.15) is 0 Å². The number of hydrogen-bond acceptors (Lipinski definition) is 7. The van der Waals surface area contributed by atoms with E-state index in [1.807, 2.05) is 0 Å². The van der Waals surface area contributed by atoms with Gasteiger partial charge in [0.1, 0.15) is 5.69 Å². The molecule has 0 radical (unpaired) electrons. The Labute approximate surface area is 114 Å². The van der Waals surface area contributed by atoms with Gasteiger partial charge in [0.2, 0.25) is 10.0 Å². The van der Waals surface area contributed by atoms with Crippen LogP contribution in [0.25, 0.3) is 0 Å². The molecule has 2 rings (SSSR count). The summed E-state index contributed by atoms with van der Waals surface area (Å²) in [6, 6.07) is 3.37. The van der Waals surface area contributed by atoms with E-state index in [-0.39, 0.29) is 17.2 Å². The molecule has 1 aromatic rings. The molecule has 0 aromatic heterocycles. The Bertz CT molecular complexity index is 611. The summed E-state index contributed by atoms with van der Waals surface area (Å²) in [5.41, 5.74) is -0.261. The maximum Gasteiger partial charge on any atom is 0.293 e. The molecule has 3 N–H and O–H groups in total. The van der Waals surface area contributed by atoms with Gasteiger partial charge in [-0.25, -0.2) is 13.6 Å². The van der Waals surface area contributed by atoms with Crippen LogP contribution < -0.4 is 10.5 Å². The molecule has 20 heavy (non-hydrogen) atoms. The molecule has 0 saturated carbocycles. The van der Waals surface area contributed by atoms with Crippen LogP contribution in [0.1, 0.15) is 0 Å². The van der Waals surface area contributed by atoms with E-state index in [0.29, 0.717) is 13.2 Å². The van der Waals surface area contributed by atoms with Crippen molar-refractivity contribution in [2.75, 3.05) is 25.1 Å². The van der Waals surface area contributed by atoms with Crippen molar-refractivity contribution in [3.8, 4) is 0 Å². The molecule has 1 saturated heterocycles. The van der Waals surface area contributed by atoms with E-state index >= 15 is 0 Å². The fourth-order valence-corrected chi connectivity index (χ4v) is 2.24. The van der Waals surface area contributed by atoms with Crippen LogP contribution in [-0.4, -0.2) is 39.4 Å². The molecule has 1 aliphatic rings. The third-order valence-electron chi connectivity index (χ3n) is 2.63. The van der Waals surface area contributed by atoms with Gasteiger partial charge in [-0.1, -0.05) is 0 Å². The largest absolute Gasteiger partial charge is 0.374 e. The van der Waals surface area contributed by atoms with Crippen LogP contribution in [-0.2, 0) is 19.5 Å². The number of hydrogen-bond donors (Lipinski definition) is 2. The number of ether oxygens (including phenoxy) is 2. The van der Waals surface area contributed by atoms with Crippen molar-refractivity contribution in [1.29, 1.82) is 0 Å². The van der Waals surface area contributed by atoms with E-state index in [9.17, 15) is 18.5 Å². The molecule has 1 aromatic carbocycles. The normalized spacial score (nSPS) is 19.6. The number of nitro benzene ring substituents is 1. The topological polar surface area (TPSA) is 134 Å². The van der Waals surface area contributed by atoms with Crippen LogP contribution >= 0.6 is 0 Å². The van der Waals surface area contributed by atoms with Gasteiger partial charge in [0.25, 0.3) is 5.69 Å². The second kappa shape index (κ2) is 5.71. The highest BCUT2D eigenvalue weighted by atomic mass is 32.2. The lowest BCUT2D eigenvalue weighted by Gasteiger charge is -2.24. The summed E-state index contributed by atoms with van der Waals surface area (Å²) in [4.78, 5) is 9.98. The van der Waals surface area contributed by atoms with E-state index in [1.165, 1.54) is 12.1 Å². The molecule has 1 fully saturated rings. The Kier molecular flexibility index (Phi) is 4.18. The summed E-state index contributed by atoms with van der Waals surface area (Å²) in [7, 11) is -4.00. The molecule has 1 aliphatic heterocycles. The van der Waals surface area contributed by atoms with E-state index < -0.39 is 26.9 Å². The fourth-order valence-electron chi connectivity index (χ4n) is 1.71. The monoisotopic (exact) mass is 303 g/mol. The molecule has 0 spiro atoms. The zero-order valence-electron chi connectivity index (χ0n) is 10.3. The highest BCUT2D eigenvalue weighted by Crippen LogP contribution is 2.28. The van der Waals surface area contributed by atoms with Crippen molar-refractivity contribution >= 4 is 21.4 Å². The van der Waals surface area contributed by atoms with Crippen LogP contribution in [0, 0.1) is 10.1 Å². The molecule has 10 heteroatoms. The summed E-state index contributed by atoms with van der Waals surface area (Å²) < 4.78 is 32.9. The van der Waals surface area contributed by atoms with Gasteiger partial charge < -0.3 is 14.8 Å². The third-order valence-corrected chi connectivity index (χ3v) is 3.54. The first-order valence-corrected chi connectivity index (χ1v) is 7.19. The lowest BCUT2D eigenvalue weighted by Crippen LogP contribution is -2.35. The number of nitrogens with zero attached hydrogens (tertiary/aromatic N) is 1. The number of benzene rings is 1. The van der Waals surface area contributed by atoms with Crippen LogP contribution in [0.15, 0.2) is 23.1 Å². The highest BCUT2D eigenvalue weighted by molar-refractivity contribution is 7.89. The molecule has 0 unspecified atom stereocenters. The van der Waals surface area contributed by atoms with Crippen molar-refractivity contribution in [2.45, 2.75) is 11.1 Å². The molecule has 9 nitrogen and oxygen atoms in total. The van der Waals surface area contributed by atoms with E-state index in [4.69, 9.17) is 14.6 Å². The van der Waals surface area contributed by atoms with Crippen LogP contribution in [0.3, 0.4) is 0 Å². The predicted octanol–water partition coefficient (Wildman–Crippen LogP) is 0.0270. The maximum atomic E-state index is 11.2. The number of sulfonamides is 1. The Morgan fingerprint density at radius 2 is 2.15 bits per heavy atom. The zero-order valence-corrected chi connectivity index (χ0v) is 11.1. The summed E-state index contributed by atoms with van der Waals surface area (Å²) in [6.45, 7) is 1.08. The summed E-state index contributed by atoms with van der Waals surface area (Å²) in [5.74, 6) is 0. The van der Waals surface area contributed by atoms with Gasteiger partial charge in [0.15, 0.2) is 6.23 Å². The van der Waals surface area contributed by atoms with Crippen molar-refractivity contribution in [2.24, 2.45) is 5.14 Å². The van der Waals surface area contributed by atoms with Crippen LogP contribution in [0.5, 0.6) is 0 Å². The maximum absolute atomic E-state index is 11.2. The fraction of sp³-hybridized carbons (Fsp3) is 0.400. The molecule has 0 aliphatic carbocycles. The van der Waals surface area contributed by atoms with Crippen molar-refractivity contribution in [1.82, 2.24) is 0 Å². The highest BCUT2D eigenvalue weighted by Gasteiger charge is 2.22. The Hall–Kier alpha value is -1.75. The predicted molar refractivity (Wildman–Crippen MR) is 68.7 cm³/mol. The molecule has 110 valence electrons. The van der Waals surface area contributed by atoms with Crippen molar-refractivity contribution < 1.29 is 22.8 Å². The number of nitro groups is 1. The Morgan fingerprint density at radius 1 is 1.40 bits per heavy atom. The minimum Gasteiger partial charge on any atom is -0.374 e. The number of anilines is 1. The van der Waals surface area contributed by atoms with Gasteiger partial charge >= 0.3 is 0 Å². The first-order chi connectivity index (χ1) is 9.38. The molecule has 0 bridgehead atoms. The molecule has 1 heterocycles. The SMILES string of the molecule is NS(=O)(=O)c1ccc(N[C@H]2COCCO2)c([N+](=O)[O-])c1. The van der Waals surface area contributed by atoms with E-state index in [2.05, 4.69) is 5.32 Å². The average molecular weight is 303 g/mol. The summed E-state index contributed by atoms with van der Waals surface area (Å²) >= 11 is 0. The number of nitrogens with two attached hydrogens (primary N) is 1. The van der Waals surface area contributed by atoms with E-state index in [0.717, 1.165) is 6.07 Å². The molecular weight excluding hydrogens is 290 g/mol. The quantitative estimate of drug-likeness (QED) is 0.591. The summed E-state index contributed by atoms with van der Waals surface area (Å²) in [6.07, 6.45) is -0.525. The number of primary sulfonamides is 1. The van der Waals surface area contributed by atoms with Crippen molar-refractivity contribution in [3.05, 3.63) is 28.3 Å². The van der Waals surface area contributed by atoms with Crippen molar-refractivity contribution in [3.63, 3.8) is 0 Å². The van der Waals surface area contributed by atoms with Gasteiger partial charge in [-0.05, 0) is 12.1 Å². The second-order valence-corrected chi connectivity index (χ2v) is 5.62.